The van der Waals surface area contributed by atoms with Crippen LogP contribution in [-0.2, 0) is 14.9 Å². The second kappa shape index (κ2) is 7.01. The van der Waals surface area contributed by atoms with Crippen LogP contribution in [0.5, 0.6) is 5.75 Å². The molecule has 2 heterocycles. The van der Waals surface area contributed by atoms with Crippen molar-refractivity contribution in [1.82, 2.24) is 0 Å². The van der Waals surface area contributed by atoms with Crippen LogP contribution in [0, 0.1) is 5.92 Å². The largest absolute Gasteiger partial charge is 0.496 e. The number of rotatable bonds is 3. The number of carbonyl (C=O) groups excluding carboxylic acids is 1. The van der Waals surface area contributed by atoms with Crippen molar-refractivity contribution in [3.63, 3.8) is 0 Å². The second-order valence-electron chi connectivity index (χ2n) is 7.90. The molecule has 0 saturated carbocycles. The summed E-state index contributed by atoms with van der Waals surface area (Å²) in [7, 11) is 1.70. The van der Waals surface area contributed by atoms with Crippen LogP contribution in [0.15, 0.2) is 42.5 Å². The van der Waals surface area contributed by atoms with Crippen LogP contribution < -0.4 is 9.64 Å². The third-order valence-corrected chi connectivity index (χ3v) is 5.95. The Morgan fingerprint density at radius 2 is 1.89 bits per heavy atom. The van der Waals surface area contributed by atoms with Gasteiger partial charge in [-0.15, -0.1) is 0 Å². The Labute approximate surface area is 161 Å². The lowest BCUT2D eigenvalue weighted by Gasteiger charge is -2.34. The van der Waals surface area contributed by atoms with Crippen molar-refractivity contribution in [3.05, 3.63) is 48.0 Å². The van der Waals surface area contributed by atoms with Gasteiger partial charge in [0.2, 0.25) is 5.91 Å². The highest BCUT2D eigenvalue weighted by molar-refractivity contribution is 5.98. The molecule has 4 nitrogen and oxygen atoms in total. The van der Waals surface area contributed by atoms with Crippen molar-refractivity contribution in [1.29, 1.82) is 0 Å². The maximum absolute atomic E-state index is 12.9. The summed E-state index contributed by atoms with van der Waals surface area (Å²) in [6.45, 7) is 6.21. The summed E-state index contributed by atoms with van der Waals surface area (Å²) in [5.41, 5.74) is 4.56. The molecule has 27 heavy (non-hydrogen) atoms. The summed E-state index contributed by atoms with van der Waals surface area (Å²) in [6, 6.07) is 14.6. The first-order chi connectivity index (χ1) is 13.1. The van der Waals surface area contributed by atoms with Gasteiger partial charge in [-0.3, -0.25) is 4.79 Å². The first-order valence-corrected chi connectivity index (χ1v) is 9.73. The van der Waals surface area contributed by atoms with Gasteiger partial charge in [-0.1, -0.05) is 38.1 Å². The second-order valence-corrected chi connectivity index (χ2v) is 7.90. The molecular weight excluding hydrogens is 338 g/mol. The zero-order valence-electron chi connectivity index (χ0n) is 16.3. The van der Waals surface area contributed by atoms with E-state index in [1.54, 1.807) is 7.11 Å². The fourth-order valence-corrected chi connectivity index (χ4v) is 4.42. The number of ether oxygens (including phenoxy) is 2. The third-order valence-electron chi connectivity index (χ3n) is 5.95. The van der Waals surface area contributed by atoms with Crippen LogP contribution in [0.1, 0.15) is 32.3 Å². The van der Waals surface area contributed by atoms with E-state index in [0.717, 1.165) is 55.2 Å². The third kappa shape index (κ3) is 3.02. The predicted octanol–water partition coefficient (Wildman–Crippen LogP) is 4.41. The zero-order valence-corrected chi connectivity index (χ0v) is 16.3. The maximum Gasteiger partial charge on any atom is 0.229 e. The molecule has 0 atom stereocenters. The normalized spacial score (nSPS) is 18.0. The molecule has 0 bridgehead atoms. The average Bonchev–Trinajstić information content (AvgIpc) is 3.01. The number of nitrogens with zero attached hydrogens (tertiary/aromatic N) is 1. The van der Waals surface area contributed by atoms with Crippen LogP contribution >= 0.6 is 0 Å². The van der Waals surface area contributed by atoms with Gasteiger partial charge >= 0.3 is 0 Å². The summed E-state index contributed by atoms with van der Waals surface area (Å²) in [5, 5.41) is 0. The van der Waals surface area contributed by atoms with Gasteiger partial charge in [0.05, 0.1) is 7.11 Å². The van der Waals surface area contributed by atoms with E-state index in [0.29, 0.717) is 0 Å². The van der Waals surface area contributed by atoms with Crippen LogP contribution in [0.25, 0.3) is 11.1 Å². The molecule has 2 aromatic rings. The molecule has 142 valence electrons. The molecular formula is C23H27NO3. The van der Waals surface area contributed by atoms with Gasteiger partial charge in [0.1, 0.15) is 5.75 Å². The Morgan fingerprint density at radius 3 is 2.59 bits per heavy atom. The number of carbonyl (C=O) groups is 1. The van der Waals surface area contributed by atoms with E-state index in [2.05, 4.69) is 24.3 Å². The first-order valence-electron chi connectivity index (χ1n) is 9.73. The molecule has 0 aromatic heterocycles. The standard InChI is InChI=1S/C23H27NO3/c1-16(2)22(25)24-15-23(10-12-27-13-11-23)19-14-17(8-9-20(19)24)18-6-4-5-7-21(18)26-3/h4-9,14,16H,10-13,15H2,1-3H3. The Kier molecular flexibility index (Phi) is 4.68. The van der Waals surface area contributed by atoms with Crippen LogP contribution in [0.2, 0.25) is 0 Å². The Bertz CT molecular complexity index is 852. The SMILES string of the molecule is COc1ccccc1-c1ccc2c(c1)C1(CCOCC1)CN2C(=O)C(C)C. The number of hydrogen-bond donors (Lipinski definition) is 0. The smallest absolute Gasteiger partial charge is 0.229 e. The molecule has 0 radical (unpaired) electrons. The summed E-state index contributed by atoms with van der Waals surface area (Å²) in [6.07, 6.45) is 1.91. The van der Waals surface area contributed by atoms with E-state index >= 15 is 0 Å². The van der Waals surface area contributed by atoms with Gasteiger partial charge in [0.25, 0.3) is 0 Å². The van der Waals surface area contributed by atoms with E-state index in [1.807, 2.05) is 36.9 Å². The summed E-state index contributed by atoms with van der Waals surface area (Å²) in [5.74, 6) is 1.05. The van der Waals surface area contributed by atoms with Gasteiger partial charge in [0, 0.05) is 42.3 Å². The first kappa shape index (κ1) is 18.1. The van der Waals surface area contributed by atoms with Gasteiger partial charge in [-0.2, -0.15) is 0 Å². The minimum atomic E-state index is -0.0123. The number of amides is 1. The van der Waals surface area contributed by atoms with Crippen molar-refractivity contribution >= 4 is 11.6 Å². The Hall–Kier alpha value is -2.33. The van der Waals surface area contributed by atoms with Crippen molar-refractivity contribution in [2.75, 3.05) is 31.8 Å². The summed E-state index contributed by atoms with van der Waals surface area (Å²) < 4.78 is 11.2. The minimum absolute atomic E-state index is 0.00381. The van der Waals surface area contributed by atoms with E-state index in [9.17, 15) is 4.79 Å². The van der Waals surface area contributed by atoms with Crippen LogP contribution in [0.4, 0.5) is 5.69 Å². The topological polar surface area (TPSA) is 38.8 Å². The van der Waals surface area contributed by atoms with Crippen molar-refractivity contribution < 1.29 is 14.3 Å². The van der Waals surface area contributed by atoms with Gasteiger partial charge in [-0.25, -0.2) is 0 Å². The lowest BCUT2D eigenvalue weighted by Crippen LogP contribution is -2.41. The molecule has 2 aliphatic heterocycles. The zero-order chi connectivity index (χ0) is 19.0. The van der Waals surface area contributed by atoms with E-state index in [1.165, 1.54) is 5.56 Å². The molecule has 2 aliphatic rings. The fourth-order valence-electron chi connectivity index (χ4n) is 4.42. The Morgan fingerprint density at radius 1 is 1.15 bits per heavy atom. The van der Waals surface area contributed by atoms with Gasteiger partial charge < -0.3 is 14.4 Å². The van der Waals surface area contributed by atoms with Gasteiger partial charge in [0.15, 0.2) is 0 Å². The maximum atomic E-state index is 12.9. The Balaban J connectivity index is 1.83. The monoisotopic (exact) mass is 365 g/mol. The quantitative estimate of drug-likeness (QED) is 0.809. The average molecular weight is 365 g/mol. The van der Waals surface area contributed by atoms with Crippen molar-refractivity contribution in [2.24, 2.45) is 5.92 Å². The molecule has 1 fully saturated rings. The van der Waals surface area contributed by atoms with Gasteiger partial charge in [-0.05, 0) is 42.2 Å². The molecule has 1 spiro atoms. The van der Waals surface area contributed by atoms with E-state index < -0.39 is 0 Å². The van der Waals surface area contributed by atoms with E-state index in [-0.39, 0.29) is 17.2 Å². The molecule has 1 amide bonds. The highest BCUT2D eigenvalue weighted by atomic mass is 16.5. The number of methoxy groups -OCH3 is 1. The van der Waals surface area contributed by atoms with Crippen molar-refractivity contribution in [2.45, 2.75) is 32.1 Å². The molecule has 0 N–H and O–H groups in total. The molecule has 0 aliphatic carbocycles. The fraction of sp³-hybridized carbons (Fsp3) is 0.435. The molecule has 2 aromatic carbocycles. The van der Waals surface area contributed by atoms with Crippen molar-refractivity contribution in [3.8, 4) is 16.9 Å². The number of benzene rings is 2. The lowest BCUT2D eigenvalue weighted by molar-refractivity contribution is -0.121. The molecule has 4 rings (SSSR count). The number of hydrogen-bond acceptors (Lipinski definition) is 3. The number of anilines is 1. The highest BCUT2D eigenvalue weighted by Crippen LogP contribution is 2.48. The summed E-state index contributed by atoms with van der Waals surface area (Å²) in [4.78, 5) is 14.9. The van der Waals surface area contributed by atoms with Crippen LogP contribution in [0.3, 0.4) is 0 Å². The minimum Gasteiger partial charge on any atom is -0.496 e. The summed E-state index contributed by atoms with van der Waals surface area (Å²) >= 11 is 0. The molecule has 0 unspecified atom stereocenters. The van der Waals surface area contributed by atoms with E-state index in [4.69, 9.17) is 9.47 Å². The molecule has 4 heteroatoms. The molecule has 1 saturated heterocycles. The highest BCUT2D eigenvalue weighted by Gasteiger charge is 2.46. The number of para-hydroxylation sites is 1. The lowest BCUT2D eigenvalue weighted by atomic mass is 9.75. The predicted molar refractivity (Wildman–Crippen MR) is 107 cm³/mol. The number of fused-ring (bicyclic) bond motifs is 2. The van der Waals surface area contributed by atoms with Crippen LogP contribution in [-0.4, -0.2) is 32.8 Å².